The Hall–Kier alpha value is -2.48. The van der Waals surface area contributed by atoms with Gasteiger partial charge in [-0.25, -0.2) is 4.99 Å². The second kappa shape index (κ2) is 5.86. The van der Waals surface area contributed by atoms with Crippen molar-refractivity contribution in [3.63, 3.8) is 0 Å². The van der Waals surface area contributed by atoms with Crippen molar-refractivity contribution >= 4 is 5.96 Å². The van der Waals surface area contributed by atoms with Gasteiger partial charge in [0.05, 0.1) is 0 Å². The average Bonchev–Trinajstić information content (AvgIpc) is 2.95. The van der Waals surface area contributed by atoms with E-state index in [1.165, 1.54) is 11.1 Å². The van der Waals surface area contributed by atoms with Gasteiger partial charge in [-0.05, 0) is 17.2 Å². The smallest absolute Gasteiger partial charge is 0.210 e. The maximum Gasteiger partial charge on any atom is 0.210 e. The van der Waals surface area contributed by atoms with Gasteiger partial charge in [0.1, 0.15) is 0 Å². The molecule has 1 unspecified atom stereocenters. The number of nitrogens with two attached hydrogens (primary N) is 2. The molecule has 0 fully saturated rings. The summed E-state index contributed by atoms with van der Waals surface area (Å²) in [7, 11) is 0. The Bertz CT molecular complexity index is 774. The Kier molecular flexibility index (Phi) is 3.68. The zero-order valence-corrected chi connectivity index (χ0v) is 13.4. The van der Waals surface area contributed by atoms with E-state index in [1.54, 1.807) is 6.20 Å². The van der Waals surface area contributed by atoms with Crippen LogP contribution in [0, 0.1) is 0 Å². The molecule has 0 saturated carbocycles. The van der Waals surface area contributed by atoms with Crippen LogP contribution in [-0.2, 0) is 25.3 Å². The van der Waals surface area contributed by atoms with Crippen molar-refractivity contribution in [2.75, 3.05) is 6.54 Å². The van der Waals surface area contributed by atoms with Gasteiger partial charge in [0.2, 0.25) is 11.7 Å². The summed E-state index contributed by atoms with van der Waals surface area (Å²) in [5, 5.41) is 0. The largest absolute Gasteiger partial charge is 0.369 e. The lowest BCUT2D eigenvalue weighted by atomic mass is 10.0. The molecule has 2 aromatic rings. The number of rotatable bonds is 3. The molecule has 124 valence electrons. The Morgan fingerprint density at radius 1 is 1.25 bits per heavy atom. The minimum absolute atomic E-state index is 0.279. The number of benzene rings is 1. The summed E-state index contributed by atoms with van der Waals surface area (Å²) >= 11 is 0. The van der Waals surface area contributed by atoms with Crippen LogP contribution in [0.2, 0.25) is 0 Å². The molecule has 1 aromatic heterocycles. The van der Waals surface area contributed by atoms with Crippen LogP contribution < -0.4 is 22.3 Å². The quantitative estimate of drug-likeness (QED) is 0.640. The van der Waals surface area contributed by atoms with Crippen LogP contribution in [0.1, 0.15) is 22.4 Å². The standard InChI is InChI=1S/C17H21N7/c18-16-21-17(19,23-22-16)14-8-13-11-24(7-6-15(13)20-9-14)10-12-4-2-1-3-5-12/h1-5,8-9,23H,6-7,10-11,19H2,(H3,18,21,22). The number of aromatic nitrogens is 1. The first-order valence-corrected chi connectivity index (χ1v) is 8.04. The average molecular weight is 323 g/mol. The zero-order valence-electron chi connectivity index (χ0n) is 13.4. The highest BCUT2D eigenvalue weighted by atomic mass is 15.6. The van der Waals surface area contributed by atoms with Crippen LogP contribution >= 0.6 is 0 Å². The minimum atomic E-state index is -1.06. The molecule has 1 aromatic carbocycles. The normalized spacial score (nSPS) is 23.5. The number of nitrogens with zero attached hydrogens (tertiary/aromatic N) is 3. The van der Waals surface area contributed by atoms with E-state index in [-0.39, 0.29) is 5.96 Å². The second-order valence-electron chi connectivity index (χ2n) is 6.29. The van der Waals surface area contributed by atoms with Crippen LogP contribution in [0.3, 0.4) is 0 Å². The SMILES string of the molecule is NC1=NC(N)(c2cnc3c(c2)CN(Cc2ccccc2)CC3)NN1. The molecule has 0 amide bonds. The van der Waals surface area contributed by atoms with E-state index >= 15 is 0 Å². The molecule has 0 aliphatic carbocycles. The van der Waals surface area contributed by atoms with E-state index in [0.29, 0.717) is 0 Å². The summed E-state index contributed by atoms with van der Waals surface area (Å²) in [6.45, 7) is 2.80. The minimum Gasteiger partial charge on any atom is -0.369 e. The highest BCUT2D eigenvalue weighted by molar-refractivity contribution is 5.79. The van der Waals surface area contributed by atoms with Gasteiger partial charge in [0.25, 0.3) is 0 Å². The number of hydrogen-bond donors (Lipinski definition) is 4. The predicted molar refractivity (Wildman–Crippen MR) is 92.3 cm³/mol. The molecule has 1 atom stereocenters. The number of fused-ring (bicyclic) bond motifs is 1. The van der Waals surface area contributed by atoms with E-state index in [9.17, 15) is 0 Å². The summed E-state index contributed by atoms with van der Waals surface area (Å²) in [6, 6.07) is 12.6. The van der Waals surface area contributed by atoms with Crippen LogP contribution in [0.5, 0.6) is 0 Å². The number of nitrogens with one attached hydrogen (secondary N) is 2. The maximum atomic E-state index is 6.27. The van der Waals surface area contributed by atoms with E-state index < -0.39 is 5.79 Å². The molecule has 4 rings (SSSR count). The Labute approximate surface area is 140 Å². The van der Waals surface area contributed by atoms with Crippen molar-refractivity contribution in [2.45, 2.75) is 25.3 Å². The van der Waals surface area contributed by atoms with Gasteiger partial charge >= 0.3 is 0 Å². The van der Waals surface area contributed by atoms with Crippen LogP contribution in [0.15, 0.2) is 47.6 Å². The number of aliphatic imine (C=N–C) groups is 1. The maximum absolute atomic E-state index is 6.27. The Morgan fingerprint density at radius 3 is 2.83 bits per heavy atom. The third-order valence-corrected chi connectivity index (χ3v) is 4.49. The molecule has 0 saturated heterocycles. The number of hydrogen-bond acceptors (Lipinski definition) is 7. The molecule has 0 bridgehead atoms. The van der Waals surface area contributed by atoms with Crippen molar-refractivity contribution in [2.24, 2.45) is 16.5 Å². The highest BCUT2D eigenvalue weighted by Crippen LogP contribution is 2.24. The summed E-state index contributed by atoms with van der Waals surface area (Å²) in [5.41, 5.74) is 22.0. The third kappa shape index (κ3) is 2.84. The number of pyridine rings is 1. The van der Waals surface area contributed by atoms with Crippen molar-refractivity contribution in [3.8, 4) is 0 Å². The molecule has 24 heavy (non-hydrogen) atoms. The van der Waals surface area contributed by atoms with Crippen LogP contribution in [0.4, 0.5) is 0 Å². The fourth-order valence-corrected chi connectivity index (χ4v) is 3.21. The molecule has 2 aliphatic rings. The zero-order chi connectivity index (χ0) is 16.6. The second-order valence-corrected chi connectivity index (χ2v) is 6.29. The molecule has 0 radical (unpaired) electrons. The summed E-state index contributed by atoms with van der Waals surface area (Å²) in [4.78, 5) is 11.2. The van der Waals surface area contributed by atoms with Gasteiger partial charge in [-0.1, -0.05) is 30.3 Å². The lowest BCUT2D eigenvalue weighted by molar-refractivity contribution is 0.242. The van der Waals surface area contributed by atoms with E-state index in [4.69, 9.17) is 11.5 Å². The number of hydrazine groups is 1. The number of guanidine groups is 1. The third-order valence-electron chi connectivity index (χ3n) is 4.49. The molecule has 3 heterocycles. The molecule has 7 heteroatoms. The van der Waals surface area contributed by atoms with Crippen molar-refractivity contribution in [1.29, 1.82) is 0 Å². The highest BCUT2D eigenvalue weighted by Gasteiger charge is 2.33. The van der Waals surface area contributed by atoms with Crippen molar-refractivity contribution in [3.05, 3.63) is 65.0 Å². The molecule has 6 N–H and O–H groups in total. The fourth-order valence-electron chi connectivity index (χ4n) is 3.21. The molecular weight excluding hydrogens is 302 g/mol. The Morgan fingerprint density at radius 2 is 2.08 bits per heavy atom. The van der Waals surface area contributed by atoms with Gasteiger partial charge in [-0.2, -0.15) is 5.43 Å². The van der Waals surface area contributed by atoms with Gasteiger partial charge in [0.15, 0.2) is 0 Å². The Balaban J connectivity index is 1.55. The molecule has 7 nitrogen and oxygen atoms in total. The lowest BCUT2D eigenvalue weighted by Gasteiger charge is -2.29. The molecular formula is C17H21N7. The monoisotopic (exact) mass is 323 g/mol. The van der Waals surface area contributed by atoms with Gasteiger partial charge in [-0.3, -0.25) is 21.0 Å². The predicted octanol–water partition coefficient (Wildman–Crippen LogP) is 0.131. The summed E-state index contributed by atoms with van der Waals surface area (Å²) < 4.78 is 0. The van der Waals surface area contributed by atoms with Crippen LogP contribution in [-0.4, -0.2) is 22.4 Å². The fraction of sp³-hybridized carbons (Fsp3) is 0.294. The van der Waals surface area contributed by atoms with E-state index in [2.05, 4.69) is 56.1 Å². The van der Waals surface area contributed by atoms with E-state index in [0.717, 1.165) is 37.3 Å². The summed E-state index contributed by atoms with van der Waals surface area (Å²) in [5.74, 6) is -0.783. The lowest BCUT2D eigenvalue weighted by Crippen LogP contribution is -2.50. The van der Waals surface area contributed by atoms with Gasteiger partial charge in [0, 0.05) is 43.5 Å². The molecule has 2 aliphatic heterocycles. The van der Waals surface area contributed by atoms with Crippen molar-refractivity contribution in [1.82, 2.24) is 20.7 Å². The summed E-state index contributed by atoms with van der Waals surface area (Å²) in [6.07, 6.45) is 2.72. The molecule has 0 spiro atoms. The van der Waals surface area contributed by atoms with Gasteiger partial charge in [-0.15, -0.1) is 0 Å². The van der Waals surface area contributed by atoms with E-state index in [1.807, 2.05) is 6.07 Å². The first-order valence-electron chi connectivity index (χ1n) is 8.04. The van der Waals surface area contributed by atoms with Crippen molar-refractivity contribution < 1.29 is 0 Å². The topological polar surface area (TPSA) is 105 Å². The first-order chi connectivity index (χ1) is 11.6. The van der Waals surface area contributed by atoms with Crippen LogP contribution in [0.25, 0.3) is 0 Å². The first kappa shape index (κ1) is 15.1. The van der Waals surface area contributed by atoms with Gasteiger partial charge < -0.3 is 5.73 Å².